The van der Waals surface area contributed by atoms with Crippen molar-refractivity contribution in [3.05, 3.63) is 97.4 Å². The van der Waals surface area contributed by atoms with E-state index in [1.807, 2.05) is 47.8 Å². The molecule has 0 saturated carbocycles. The molecule has 2 aliphatic heterocycles. The van der Waals surface area contributed by atoms with Crippen LogP contribution in [0.4, 0.5) is 5.95 Å². The van der Waals surface area contributed by atoms with Gasteiger partial charge < -0.3 is 24.3 Å². The normalized spacial score (nSPS) is 13.1. The third-order valence-corrected chi connectivity index (χ3v) is 7.60. The predicted octanol–water partition coefficient (Wildman–Crippen LogP) is 6.10. The second-order valence-corrected chi connectivity index (χ2v) is 11.4. The minimum absolute atomic E-state index is 0.0903. The van der Waals surface area contributed by atoms with Crippen LogP contribution >= 0.6 is 46.1 Å². The van der Waals surface area contributed by atoms with Gasteiger partial charge in [0.05, 0.1) is 6.54 Å². The van der Waals surface area contributed by atoms with E-state index < -0.39 is 0 Å². The molecule has 5 aromatic rings. The lowest BCUT2D eigenvalue weighted by molar-refractivity contribution is 0.171. The van der Waals surface area contributed by atoms with Crippen molar-refractivity contribution in [3.8, 4) is 23.0 Å². The van der Waals surface area contributed by atoms with E-state index in [0.29, 0.717) is 63.4 Å². The van der Waals surface area contributed by atoms with Crippen LogP contribution in [0.3, 0.4) is 0 Å². The standard InChI is InChI=1S/C17H15ClN4O2S.C12H9Cl2N3O2/c18-16-20-15(21-17(22-16)19-10-12-2-1-7-25-12)9-11-3-4-13-14(8-11)24-6-5-23-13;13-11-15-10(16-12(14)17-11)6-7-1-2-8-9(5-7)19-4-3-18-8/h1-4,7-8H,5-6,9-10H2,(H,19,20,21,22);1-2,5H,3-4,6H2. The zero-order chi connectivity index (χ0) is 30.3. The molecule has 3 aromatic heterocycles. The summed E-state index contributed by atoms with van der Waals surface area (Å²) in [6, 6.07) is 15.6. The van der Waals surface area contributed by atoms with Crippen molar-refractivity contribution in [2.45, 2.75) is 19.4 Å². The average Bonchev–Trinajstić information content (AvgIpc) is 3.54. The van der Waals surface area contributed by atoms with Crippen molar-refractivity contribution in [2.75, 3.05) is 31.7 Å². The Balaban J connectivity index is 0.000000162. The molecule has 0 radical (unpaired) electrons. The molecule has 0 fully saturated rings. The number of nitrogens with one attached hydrogen (secondary N) is 1. The van der Waals surface area contributed by atoms with Crippen LogP contribution in [0.1, 0.15) is 27.7 Å². The van der Waals surface area contributed by atoms with Crippen LogP contribution < -0.4 is 24.3 Å². The van der Waals surface area contributed by atoms with Gasteiger partial charge in [-0.3, -0.25) is 0 Å². The van der Waals surface area contributed by atoms with Gasteiger partial charge in [-0.2, -0.15) is 15.0 Å². The van der Waals surface area contributed by atoms with Crippen LogP contribution in [-0.2, 0) is 19.4 Å². The number of fused-ring (bicyclic) bond motifs is 2. The Bertz CT molecular complexity index is 1730. The molecule has 11 nitrogen and oxygen atoms in total. The lowest BCUT2D eigenvalue weighted by Gasteiger charge is -2.18. The molecular formula is C29H24Cl3N7O4S. The maximum atomic E-state index is 6.05. The Morgan fingerprint density at radius 3 is 1.68 bits per heavy atom. The van der Waals surface area contributed by atoms with Gasteiger partial charge in [-0.15, -0.1) is 11.3 Å². The van der Waals surface area contributed by atoms with Gasteiger partial charge in [0.2, 0.25) is 21.8 Å². The average molecular weight is 673 g/mol. The van der Waals surface area contributed by atoms with Gasteiger partial charge in [-0.05, 0) is 81.6 Å². The van der Waals surface area contributed by atoms with Gasteiger partial charge in [0.15, 0.2) is 23.0 Å². The molecule has 0 bridgehead atoms. The quantitative estimate of drug-likeness (QED) is 0.216. The molecule has 2 aromatic carbocycles. The monoisotopic (exact) mass is 671 g/mol. The maximum absolute atomic E-state index is 6.05. The second-order valence-electron chi connectivity index (χ2n) is 9.38. The molecule has 7 rings (SSSR count). The summed E-state index contributed by atoms with van der Waals surface area (Å²) in [5.41, 5.74) is 2.01. The van der Waals surface area contributed by atoms with E-state index in [1.165, 1.54) is 4.88 Å². The van der Waals surface area contributed by atoms with E-state index in [0.717, 1.165) is 34.1 Å². The molecule has 0 saturated heterocycles. The maximum Gasteiger partial charge on any atom is 0.227 e. The first kappa shape index (κ1) is 30.1. The number of ether oxygens (including phenoxy) is 4. The van der Waals surface area contributed by atoms with Gasteiger partial charge in [0.25, 0.3) is 0 Å². The van der Waals surface area contributed by atoms with Crippen LogP contribution in [0.15, 0.2) is 53.9 Å². The molecule has 2 aliphatic rings. The molecule has 226 valence electrons. The molecule has 15 heteroatoms. The van der Waals surface area contributed by atoms with Gasteiger partial charge in [-0.25, -0.2) is 15.0 Å². The molecule has 1 N–H and O–H groups in total. The molecule has 0 amide bonds. The minimum atomic E-state index is 0.0903. The SMILES string of the molecule is Clc1nc(Cc2ccc3c(c2)OCCO3)nc(NCc2cccs2)n1.Clc1nc(Cl)nc(Cc2ccc3c(c2)OCCO3)n1. The molecular weight excluding hydrogens is 649 g/mol. The van der Waals surface area contributed by atoms with E-state index in [4.69, 9.17) is 53.8 Å². The highest BCUT2D eigenvalue weighted by molar-refractivity contribution is 7.09. The zero-order valence-electron chi connectivity index (χ0n) is 23.0. The van der Waals surface area contributed by atoms with E-state index in [2.05, 4.69) is 41.3 Å². The van der Waals surface area contributed by atoms with Crippen molar-refractivity contribution in [1.29, 1.82) is 0 Å². The van der Waals surface area contributed by atoms with Crippen molar-refractivity contribution in [3.63, 3.8) is 0 Å². The lowest BCUT2D eigenvalue weighted by atomic mass is 10.1. The third kappa shape index (κ3) is 8.14. The van der Waals surface area contributed by atoms with Crippen LogP contribution in [-0.4, -0.2) is 56.3 Å². The number of anilines is 1. The summed E-state index contributed by atoms with van der Waals surface area (Å²) in [7, 11) is 0. The van der Waals surface area contributed by atoms with Crippen LogP contribution in [0.5, 0.6) is 23.0 Å². The molecule has 0 aliphatic carbocycles. The third-order valence-electron chi connectivity index (χ3n) is 6.22. The topological polar surface area (TPSA) is 126 Å². The van der Waals surface area contributed by atoms with E-state index in [-0.39, 0.29) is 15.9 Å². The molecule has 0 unspecified atom stereocenters. The van der Waals surface area contributed by atoms with Gasteiger partial charge >= 0.3 is 0 Å². The summed E-state index contributed by atoms with van der Waals surface area (Å²) in [5, 5.41) is 5.57. The van der Waals surface area contributed by atoms with Crippen molar-refractivity contribution in [2.24, 2.45) is 0 Å². The minimum Gasteiger partial charge on any atom is -0.486 e. The Kier molecular flexibility index (Phi) is 9.71. The fourth-order valence-corrected chi connectivity index (χ4v) is 5.55. The van der Waals surface area contributed by atoms with Crippen molar-refractivity contribution in [1.82, 2.24) is 29.9 Å². The summed E-state index contributed by atoms with van der Waals surface area (Å²) < 4.78 is 22.1. The number of thiophene rings is 1. The Labute approximate surface area is 271 Å². The number of nitrogens with zero attached hydrogens (tertiary/aromatic N) is 6. The molecule has 0 atom stereocenters. The highest BCUT2D eigenvalue weighted by Gasteiger charge is 2.15. The number of hydrogen-bond donors (Lipinski definition) is 1. The van der Waals surface area contributed by atoms with Crippen LogP contribution in [0, 0.1) is 0 Å². The largest absolute Gasteiger partial charge is 0.486 e. The Morgan fingerprint density at radius 2 is 1.14 bits per heavy atom. The van der Waals surface area contributed by atoms with E-state index in [9.17, 15) is 0 Å². The molecule has 5 heterocycles. The fourth-order valence-electron chi connectivity index (χ4n) is 4.33. The summed E-state index contributed by atoms with van der Waals surface area (Å²) in [4.78, 5) is 25.8. The summed E-state index contributed by atoms with van der Waals surface area (Å²) in [6.07, 6.45) is 1.03. The predicted molar refractivity (Wildman–Crippen MR) is 167 cm³/mol. The Hall–Kier alpha value is -3.97. The smallest absolute Gasteiger partial charge is 0.227 e. The van der Waals surface area contributed by atoms with E-state index >= 15 is 0 Å². The van der Waals surface area contributed by atoms with Crippen molar-refractivity contribution >= 4 is 52.1 Å². The van der Waals surface area contributed by atoms with Crippen LogP contribution in [0.25, 0.3) is 0 Å². The highest BCUT2D eigenvalue weighted by atomic mass is 35.5. The van der Waals surface area contributed by atoms with Gasteiger partial charge in [-0.1, -0.05) is 18.2 Å². The Morgan fingerprint density at radius 1 is 0.614 bits per heavy atom. The molecule has 0 spiro atoms. The second kappa shape index (κ2) is 14.2. The zero-order valence-corrected chi connectivity index (χ0v) is 26.1. The number of halogens is 3. The fraction of sp³-hybridized carbons (Fsp3) is 0.241. The first-order valence-electron chi connectivity index (χ1n) is 13.5. The van der Waals surface area contributed by atoms with Gasteiger partial charge in [0.1, 0.15) is 38.1 Å². The number of rotatable bonds is 7. The summed E-state index contributed by atoms with van der Waals surface area (Å²) in [6.45, 7) is 2.92. The van der Waals surface area contributed by atoms with Crippen LogP contribution in [0.2, 0.25) is 15.9 Å². The number of hydrogen-bond acceptors (Lipinski definition) is 12. The first-order valence-corrected chi connectivity index (χ1v) is 15.5. The van der Waals surface area contributed by atoms with E-state index in [1.54, 1.807) is 11.3 Å². The highest BCUT2D eigenvalue weighted by Crippen LogP contribution is 2.32. The first-order chi connectivity index (χ1) is 21.5. The number of aromatic nitrogens is 6. The van der Waals surface area contributed by atoms with Gasteiger partial charge in [0, 0.05) is 17.7 Å². The number of benzene rings is 2. The molecule has 44 heavy (non-hydrogen) atoms. The summed E-state index contributed by atoms with van der Waals surface area (Å²) >= 11 is 19.2. The lowest BCUT2D eigenvalue weighted by Crippen LogP contribution is -2.15. The summed E-state index contributed by atoms with van der Waals surface area (Å²) in [5.74, 6) is 4.59. The van der Waals surface area contributed by atoms with Crippen molar-refractivity contribution < 1.29 is 18.9 Å².